The minimum Gasteiger partial charge on any atom is -0.379 e. The molecule has 0 aromatic heterocycles. The lowest BCUT2D eigenvalue weighted by molar-refractivity contribution is -0.137. The number of carbonyl (C=O) groups is 1. The van der Waals surface area contributed by atoms with E-state index in [4.69, 9.17) is 16.3 Å². The number of hydrogen-bond donors (Lipinski definition) is 1. The van der Waals surface area contributed by atoms with E-state index in [1.807, 2.05) is 4.90 Å². The van der Waals surface area contributed by atoms with Crippen molar-refractivity contribution in [2.75, 3.05) is 31.6 Å². The topological polar surface area (TPSA) is 41.6 Å². The van der Waals surface area contributed by atoms with Gasteiger partial charge in [0.05, 0.1) is 18.8 Å². The molecule has 0 bridgehead atoms. The van der Waals surface area contributed by atoms with Crippen LogP contribution in [0.1, 0.15) is 17.2 Å². The van der Waals surface area contributed by atoms with Gasteiger partial charge in [-0.3, -0.25) is 9.69 Å². The van der Waals surface area contributed by atoms with Gasteiger partial charge in [0.15, 0.2) is 0 Å². The lowest BCUT2D eigenvalue weighted by Gasteiger charge is -2.33. The minimum atomic E-state index is -4.47. The molecular weight excluding hydrogens is 381 g/mol. The molecule has 1 amide bonds. The molecule has 4 nitrogen and oxygen atoms in total. The van der Waals surface area contributed by atoms with Crippen LogP contribution in [-0.4, -0.2) is 37.1 Å². The second kappa shape index (κ2) is 8.29. The molecule has 1 aliphatic rings. The lowest BCUT2D eigenvalue weighted by atomic mass is 10.0. The van der Waals surface area contributed by atoms with E-state index in [0.717, 1.165) is 12.1 Å². The largest absolute Gasteiger partial charge is 0.416 e. The zero-order chi connectivity index (χ0) is 19.4. The van der Waals surface area contributed by atoms with Crippen LogP contribution < -0.4 is 5.32 Å². The average Bonchev–Trinajstić information content (AvgIpc) is 2.64. The van der Waals surface area contributed by atoms with E-state index in [0.29, 0.717) is 36.9 Å². The number of nitrogens with zero attached hydrogens (tertiary/aromatic N) is 1. The molecule has 1 fully saturated rings. The third-order valence-electron chi connectivity index (χ3n) is 4.30. The predicted molar refractivity (Wildman–Crippen MR) is 96.7 cm³/mol. The monoisotopic (exact) mass is 398 g/mol. The highest BCUT2D eigenvalue weighted by atomic mass is 35.5. The number of rotatable bonds is 4. The molecule has 0 spiro atoms. The van der Waals surface area contributed by atoms with Gasteiger partial charge in [-0.05, 0) is 35.9 Å². The highest BCUT2D eigenvalue weighted by Gasteiger charge is 2.32. The summed E-state index contributed by atoms with van der Waals surface area (Å²) in [6, 6.07) is 10.8. The number of carbonyl (C=O) groups excluding carboxylic acids is 1. The van der Waals surface area contributed by atoms with Gasteiger partial charge in [0.25, 0.3) is 0 Å². The molecule has 27 heavy (non-hydrogen) atoms. The number of ether oxygens (including phenoxy) is 1. The molecule has 1 unspecified atom stereocenters. The smallest absolute Gasteiger partial charge is 0.379 e. The maximum Gasteiger partial charge on any atom is 0.416 e. The van der Waals surface area contributed by atoms with Crippen LogP contribution in [0.5, 0.6) is 0 Å². The lowest BCUT2D eigenvalue weighted by Crippen LogP contribution is -2.43. The SMILES string of the molecule is O=C(Nc1cccc(C(F)(F)F)c1)C(c1ccc(Cl)cc1)N1CCOCC1. The Kier molecular flexibility index (Phi) is 6.04. The second-order valence-corrected chi connectivity index (χ2v) is 6.61. The Morgan fingerprint density at radius 1 is 1.11 bits per heavy atom. The van der Waals surface area contributed by atoms with Crippen molar-refractivity contribution in [3.8, 4) is 0 Å². The number of hydrogen-bond acceptors (Lipinski definition) is 3. The Balaban J connectivity index is 1.85. The molecule has 1 aliphatic heterocycles. The number of amides is 1. The molecule has 0 radical (unpaired) electrons. The van der Waals surface area contributed by atoms with Gasteiger partial charge < -0.3 is 10.1 Å². The highest BCUT2D eigenvalue weighted by molar-refractivity contribution is 6.30. The van der Waals surface area contributed by atoms with Gasteiger partial charge in [-0.2, -0.15) is 13.2 Å². The summed E-state index contributed by atoms with van der Waals surface area (Å²) in [6.07, 6.45) is -4.47. The summed E-state index contributed by atoms with van der Waals surface area (Å²) in [4.78, 5) is 14.9. The van der Waals surface area contributed by atoms with Crippen LogP contribution in [0.4, 0.5) is 18.9 Å². The average molecular weight is 399 g/mol. The summed E-state index contributed by atoms with van der Waals surface area (Å²) < 4.78 is 44.1. The molecule has 2 aromatic rings. The van der Waals surface area contributed by atoms with Crippen LogP contribution in [0.25, 0.3) is 0 Å². The molecule has 8 heteroatoms. The van der Waals surface area contributed by atoms with Gasteiger partial charge in [0, 0.05) is 23.8 Å². The number of benzene rings is 2. The van der Waals surface area contributed by atoms with Gasteiger partial charge in [-0.25, -0.2) is 0 Å². The van der Waals surface area contributed by atoms with Crippen LogP contribution >= 0.6 is 11.6 Å². The molecule has 144 valence electrons. The Bertz CT molecular complexity index is 790. The highest BCUT2D eigenvalue weighted by Crippen LogP contribution is 2.31. The summed E-state index contributed by atoms with van der Waals surface area (Å²) in [7, 11) is 0. The summed E-state index contributed by atoms with van der Waals surface area (Å²) in [5, 5.41) is 3.15. The van der Waals surface area contributed by atoms with Crippen molar-refractivity contribution < 1.29 is 22.7 Å². The van der Waals surface area contributed by atoms with E-state index in [9.17, 15) is 18.0 Å². The second-order valence-electron chi connectivity index (χ2n) is 6.17. The van der Waals surface area contributed by atoms with Gasteiger partial charge in [-0.15, -0.1) is 0 Å². The van der Waals surface area contributed by atoms with Crippen LogP contribution in [0.3, 0.4) is 0 Å². The van der Waals surface area contributed by atoms with E-state index in [1.54, 1.807) is 24.3 Å². The third-order valence-corrected chi connectivity index (χ3v) is 4.55. The Hall–Kier alpha value is -2.09. The third kappa shape index (κ3) is 5.00. The molecule has 1 heterocycles. The van der Waals surface area contributed by atoms with E-state index in [-0.39, 0.29) is 5.69 Å². The van der Waals surface area contributed by atoms with Gasteiger partial charge in [0.2, 0.25) is 5.91 Å². The number of morpholine rings is 1. The zero-order valence-electron chi connectivity index (χ0n) is 14.3. The summed E-state index contributed by atoms with van der Waals surface area (Å²) in [5.74, 6) is -0.404. The first kappa shape index (κ1) is 19.7. The molecule has 1 atom stereocenters. The first-order chi connectivity index (χ1) is 12.8. The predicted octanol–water partition coefficient (Wildman–Crippen LogP) is 4.37. The Morgan fingerprint density at radius 3 is 2.41 bits per heavy atom. The maximum atomic E-state index is 13.0. The molecule has 2 aromatic carbocycles. The number of nitrogens with one attached hydrogen (secondary N) is 1. The van der Waals surface area contributed by atoms with Crippen LogP contribution in [0.15, 0.2) is 48.5 Å². The van der Waals surface area contributed by atoms with E-state index < -0.39 is 23.7 Å². The van der Waals surface area contributed by atoms with Crippen molar-refractivity contribution in [1.82, 2.24) is 4.90 Å². The van der Waals surface area contributed by atoms with E-state index in [1.165, 1.54) is 12.1 Å². The first-order valence-electron chi connectivity index (χ1n) is 8.40. The van der Waals surface area contributed by atoms with Crippen LogP contribution in [0.2, 0.25) is 5.02 Å². The van der Waals surface area contributed by atoms with Gasteiger partial charge in [0.1, 0.15) is 6.04 Å². The normalized spacial score (nSPS) is 16.7. The quantitative estimate of drug-likeness (QED) is 0.831. The molecule has 0 saturated carbocycles. The van der Waals surface area contributed by atoms with Crippen molar-refractivity contribution in [3.05, 3.63) is 64.7 Å². The molecule has 3 rings (SSSR count). The number of halogens is 4. The zero-order valence-corrected chi connectivity index (χ0v) is 15.1. The van der Waals surface area contributed by atoms with Crippen LogP contribution in [-0.2, 0) is 15.7 Å². The summed E-state index contributed by atoms with van der Waals surface area (Å²) in [6.45, 7) is 2.06. The summed E-state index contributed by atoms with van der Waals surface area (Å²) >= 11 is 5.93. The van der Waals surface area contributed by atoms with Crippen molar-refractivity contribution >= 4 is 23.2 Å². The van der Waals surface area contributed by atoms with Crippen molar-refractivity contribution in [2.24, 2.45) is 0 Å². The Labute approximate surface area is 159 Å². The molecule has 1 saturated heterocycles. The minimum absolute atomic E-state index is 0.0991. The summed E-state index contributed by atoms with van der Waals surface area (Å²) in [5.41, 5.74) is 0.00235. The molecule has 0 aliphatic carbocycles. The number of anilines is 1. The van der Waals surface area contributed by atoms with Gasteiger partial charge >= 0.3 is 6.18 Å². The van der Waals surface area contributed by atoms with Gasteiger partial charge in [-0.1, -0.05) is 29.8 Å². The van der Waals surface area contributed by atoms with E-state index in [2.05, 4.69) is 5.32 Å². The standard InChI is InChI=1S/C19H18ClF3N2O2/c20-15-6-4-13(5-7-15)17(25-8-10-27-11-9-25)18(26)24-16-3-1-2-14(12-16)19(21,22)23/h1-7,12,17H,8-11H2,(H,24,26). The van der Waals surface area contributed by atoms with Crippen molar-refractivity contribution in [3.63, 3.8) is 0 Å². The molecular formula is C19H18ClF3N2O2. The fourth-order valence-corrected chi connectivity index (χ4v) is 3.12. The van der Waals surface area contributed by atoms with Crippen molar-refractivity contribution in [1.29, 1.82) is 0 Å². The van der Waals surface area contributed by atoms with Crippen molar-refractivity contribution in [2.45, 2.75) is 12.2 Å². The number of alkyl halides is 3. The maximum absolute atomic E-state index is 13.0. The van der Waals surface area contributed by atoms with E-state index >= 15 is 0 Å². The first-order valence-corrected chi connectivity index (χ1v) is 8.78. The Morgan fingerprint density at radius 2 is 1.78 bits per heavy atom. The fourth-order valence-electron chi connectivity index (χ4n) is 2.99. The fraction of sp³-hybridized carbons (Fsp3) is 0.316. The molecule has 1 N–H and O–H groups in total. The van der Waals surface area contributed by atoms with Crippen LogP contribution in [0, 0.1) is 0 Å².